The highest BCUT2D eigenvalue weighted by atomic mass is 16.1. The summed E-state index contributed by atoms with van der Waals surface area (Å²) in [7, 11) is 0. The van der Waals surface area contributed by atoms with Crippen LogP contribution in [-0.4, -0.2) is 17.4 Å². The first-order chi connectivity index (χ1) is 14.1. The van der Waals surface area contributed by atoms with Crippen molar-refractivity contribution in [3.63, 3.8) is 0 Å². The van der Waals surface area contributed by atoms with Gasteiger partial charge in [-0.1, -0.05) is 62.4 Å². The number of benzene rings is 2. The van der Waals surface area contributed by atoms with Crippen molar-refractivity contribution < 1.29 is 4.79 Å². The lowest BCUT2D eigenvalue weighted by atomic mass is 9.88. The summed E-state index contributed by atoms with van der Waals surface area (Å²) in [5, 5.41) is 11.5. The number of nitrogens with one attached hydrogen (secondary N) is 1. The minimum absolute atomic E-state index is 0.0313. The third kappa shape index (κ3) is 5.30. The molecule has 3 rings (SSSR count). The third-order valence-corrected chi connectivity index (χ3v) is 4.89. The smallest absolute Gasteiger partial charge is 0.228 e. The van der Waals surface area contributed by atoms with E-state index in [0.29, 0.717) is 5.92 Å². The predicted octanol–water partition coefficient (Wildman–Crippen LogP) is 5.19. The molecule has 4 nitrogen and oxygen atoms in total. The van der Waals surface area contributed by atoms with Crippen molar-refractivity contribution in [3.8, 4) is 28.3 Å². The van der Waals surface area contributed by atoms with Gasteiger partial charge in [0.1, 0.15) is 6.54 Å². The average Bonchev–Trinajstić information content (AvgIpc) is 2.76. The Kier molecular flexibility index (Phi) is 6.76. The van der Waals surface area contributed by atoms with Crippen molar-refractivity contribution >= 4 is 5.91 Å². The molecule has 0 unspecified atom stereocenters. The molecule has 0 aliphatic heterocycles. The number of hydrogen-bond acceptors (Lipinski definition) is 3. The molecule has 146 valence electrons. The van der Waals surface area contributed by atoms with Crippen LogP contribution in [0.15, 0.2) is 73.1 Å². The van der Waals surface area contributed by atoms with E-state index in [1.54, 1.807) is 12.4 Å². The second kappa shape index (κ2) is 9.66. The monoisotopic (exact) mass is 383 g/mol. The molecule has 0 saturated carbocycles. The molecule has 2 aromatic carbocycles. The van der Waals surface area contributed by atoms with Gasteiger partial charge in [-0.05, 0) is 52.3 Å². The van der Waals surface area contributed by atoms with Crippen LogP contribution in [0.1, 0.15) is 31.7 Å². The van der Waals surface area contributed by atoms with E-state index in [-0.39, 0.29) is 18.4 Å². The molecule has 0 aliphatic carbocycles. The molecule has 1 amide bonds. The molecule has 1 heterocycles. The Morgan fingerprint density at radius 2 is 1.59 bits per heavy atom. The Labute approximate surface area is 172 Å². The first-order valence-corrected chi connectivity index (χ1v) is 9.84. The predicted molar refractivity (Wildman–Crippen MR) is 116 cm³/mol. The van der Waals surface area contributed by atoms with Gasteiger partial charge in [0.15, 0.2) is 0 Å². The molecule has 1 N–H and O–H groups in total. The minimum Gasteiger partial charge on any atom is -0.342 e. The summed E-state index contributed by atoms with van der Waals surface area (Å²) in [5.74, 6) is 0.0148. The van der Waals surface area contributed by atoms with Gasteiger partial charge in [0.2, 0.25) is 5.91 Å². The molecule has 1 aromatic heterocycles. The van der Waals surface area contributed by atoms with Crippen molar-refractivity contribution in [1.82, 2.24) is 10.3 Å². The van der Waals surface area contributed by atoms with E-state index in [2.05, 4.69) is 60.5 Å². The van der Waals surface area contributed by atoms with Crippen LogP contribution in [0.4, 0.5) is 0 Å². The molecular weight excluding hydrogens is 358 g/mol. The van der Waals surface area contributed by atoms with Gasteiger partial charge < -0.3 is 5.32 Å². The molecule has 0 radical (unpaired) electrons. The summed E-state index contributed by atoms with van der Waals surface area (Å²) in [6, 6.07) is 22.5. The lowest BCUT2D eigenvalue weighted by Crippen LogP contribution is -2.30. The van der Waals surface area contributed by atoms with Gasteiger partial charge in [-0.2, -0.15) is 5.26 Å². The number of aromatic nitrogens is 1. The fraction of sp³-hybridized carbons (Fsp3) is 0.240. The van der Waals surface area contributed by atoms with E-state index in [1.807, 2.05) is 30.3 Å². The fourth-order valence-electron chi connectivity index (χ4n) is 3.45. The molecule has 0 aliphatic rings. The summed E-state index contributed by atoms with van der Waals surface area (Å²) in [6.07, 6.45) is 4.32. The van der Waals surface area contributed by atoms with Crippen molar-refractivity contribution in [3.05, 3.63) is 78.6 Å². The lowest BCUT2D eigenvalue weighted by Gasteiger charge is -2.19. The van der Waals surface area contributed by atoms with Crippen LogP contribution < -0.4 is 5.32 Å². The molecular formula is C25H25N3O. The van der Waals surface area contributed by atoms with Gasteiger partial charge in [0, 0.05) is 12.4 Å². The lowest BCUT2D eigenvalue weighted by molar-refractivity contribution is -0.122. The van der Waals surface area contributed by atoms with E-state index >= 15 is 0 Å². The molecule has 0 spiro atoms. The van der Waals surface area contributed by atoms with Crippen LogP contribution in [0.25, 0.3) is 22.3 Å². The Bertz CT molecular complexity index is 989. The maximum absolute atomic E-state index is 12.6. The molecule has 29 heavy (non-hydrogen) atoms. The summed E-state index contributed by atoms with van der Waals surface area (Å²) in [6.45, 7) is 4.24. The normalized spacial score (nSPS) is 11.7. The Balaban J connectivity index is 1.87. The molecule has 1 atom stereocenters. The summed E-state index contributed by atoms with van der Waals surface area (Å²) >= 11 is 0. The molecule has 3 aromatic rings. The van der Waals surface area contributed by atoms with Gasteiger partial charge in [0.05, 0.1) is 12.0 Å². The third-order valence-electron chi connectivity index (χ3n) is 4.89. The second-order valence-electron chi connectivity index (χ2n) is 7.50. The number of hydrogen-bond donors (Lipinski definition) is 1. The number of amides is 1. The molecule has 4 heteroatoms. The number of carbonyl (C=O) groups excluding carboxylic acids is 1. The van der Waals surface area contributed by atoms with Gasteiger partial charge in [-0.3, -0.25) is 9.78 Å². The zero-order valence-electron chi connectivity index (χ0n) is 16.8. The standard InChI is InChI=1S/C25H25N3O/c1-18(2)16-24(25(29)28-15-12-26)23-5-3-4-22(17-23)20-8-6-19(7-9-20)21-10-13-27-14-11-21/h3-11,13-14,17-18,24H,15-16H2,1-2H3,(H,28,29)/t24-/m1/s1. The van der Waals surface area contributed by atoms with Crippen LogP contribution >= 0.6 is 0 Å². The van der Waals surface area contributed by atoms with E-state index in [0.717, 1.165) is 34.2 Å². The van der Waals surface area contributed by atoms with Gasteiger partial charge in [-0.25, -0.2) is 0 Å². The Hall–Kier alpha value is -3.45. The Morgan fingerprint density at radius 1 is 0.966 bits per heavy atom. The Morgan fingerprint density at radius 3 is 2.21 bits per heavy atom. The van der Waals surface area contributed by atoms with Gasteiger partial charge in [-0.15, -0.1) is 0 Å². The minimum atomic E-state index is -0.264. The zero-order chi connectivity index (χ0) is 20.6. The van der Waals surface area contributed by atoms with Crippen LogP contribution in [-0.2, 0) is 4.79 Å². The van der Waals surface area contributed by atoms with Gasteiger partial charge >= 0.3 is 0 Å². The van der Waals surface area contributed by atoms with E-state index < -0.39 is 0 Å². The van der Waals surface area contributed by atoms with Crippen LogP contribution in [0, 0.1) is 17.2 Å². The number of nitrogens with zero attached hydrogens (tertiary/aromatic N) is 2. The van der Waals surface area contributed by atoms with Crippen molar-refractivity contribution in [2.24, 2.45) is 5.92 Å². The van der Waals surface area contributed by atoms with Crippen molar-refractivity contribution in [2.75, 3.05) is 6.54 Å². The van der Waals surface area contributed by atoms with E-state index in [4.69, 9.17) is 5.26 Å². The highest BCUT2D eigenvalue weighted by Crippen LogP contribution is 2.30. The number of nitriles is 1. The highest BCUT2D eigenvalue weighted by Gasteiger charge is 2.22. The summed E-state index contributed by atoms with van der Waals surface area (Å²) in [4.78, 5) is 16.7. The topological polar surface area (TPSA) is 65.8 Å². The quantitative estimate of drug-likeness (QED) is 0.571. The highest BCUT2D eigenvalue weighted by molar-refractivity contribution is 5.84. The summed E-state index contributed by atoms with van der Waals surface area (Å²) in [5.41, 5.74) is 5.42. The first-order valence-electron chi connectivity index (χ1n) is 9.84. The average molecular weight is 383 g/mol. The maximum Gasteiger partial charge on any atom is 0.228 e. The number of rotatable bonds is 7. The van der Waals surface area contributed by atoms with Gasteiger partial charge in [0.25, 0.3) is 0 Å². The second-order valence-corrected chi connectivity index (χ2v) is 7.50. The SMILES string of the molecule is CC(C)C[C@@H](C(=O)NCC#N)c1cccc(-c2ccc(-c3ccncc3)cc2)c1. The van der Waals surface area contributed by atoms with Crippen molar-refractivity contribution in [2.45, 2.75) is 26.2 Å². The maximum atomic E-state index is 12.6. The van der Waals surface area contributed by atoms with Crippen LogP contribution in [0.5, 0.6) is 0 Å². The number of pyridine rings is 1. The largest absolute Gasteiger partial charge is 0.342 e. The number of carbonyl (C=O) groups is 1. The molecule has 0 saturated heterocycles. The van der Waals surface area contributed by atoms with Crippen LogP contribution in [0.3, 0.4) is 0 Å². The molecule has 0 bridgehead atoms. The van der Waals surface area contributed by atoms with E-state index in [1.165, 1.54) is 0 Å². The van der Waals surface area contributed by atoms with Crippen molar-refractivity contribution in [1.29, 1.82) is 5.26 Å². The first kappa shape index (κ1) is 20.3. The zero-order valence-corrected chi connectivity index (χ0v) is 16.8. The fourth-order valence-corrected chi connectivity index (χ4v) is 3.45. The summed E-state index contributed by atoms with van der Waals surface area (Å²) < 4.78 is 0. The van der Waals surface area contributed by atoms with E-state index in [9.17, 15) is 4.79 Å². The van der Waals surface area contributed by atoms with Crippen LogP contribution in [0.2, 0.25) is 0 Å². The molecule has 0 fully saturated rings.